The Morgan fingerprint density at radius 1 is 0.970 bits per heavy atom. The van der Waals surface area contributed by atoms with E-state index in [2.05, 4.69) is 4.85 Å². The molecule has 1 fully saturated rings. The van der Waals surface area contributed by atoms with Crippen LogP contribution < -0.4 is 4.72 Å². The lowest BCUT2D eigenvalue weighted by molar-refractivity contribution is -0.0452. The first kappa shape index (κ1) is 25.1. The van der Waals surface area contributed by atoms with Crippen LogP contribution in [0.5, 0.6) is 0 Å². The van der Waals surface area contributed by atoms with Crippen LogP contribution in [-0.2, 0) is 24.6 Å². The molecule has 1 aliphatic carbocycles. The molecule has 3 rings (SSSR count). The normalized spacial score (nSPS) is 22.0. The van der Waals surface area contributed by atoms with Crippen LogP contribution in [0.2, 0.25) is 0 Å². The van der Waals surface area contributed by atoms with Gasteiger partial charge in [0.25, 0.3) is 0 Å². The van der Waals surface area contributed by atoms with Crippen molar-refractivity contribution in [3.63, 3.8) is 0 Å². The van der Waals surface area contributed by atoms with E-state index in [4.69, 9.17) is 6.57 Å². The third kappa shape index (κ3) is 4.60. The molecule has 0 unspecified atom stereocenters. The molecule has 2 aromatic carbocycles. The van der Waals surface area contributed by atoms with Gasteiger partial charge in [-0.05, 0) is 43.9 Å². The Hall–Kier alpha value is -2.56. The van der Waals surface area contributed by atoms with Crippen LogP contribution in [0, 0.1) is 18.2 Å². The lowest BCUT2D eigenvalue weighted by Crippen LogP contribution is -2.48. The Balaban J connectivity index is 2.06. The fourth-order valence-electron chi connectivity index (χ4n) is 3.94. The number of sulfone groups is 1. The number of hydrogen-bond acceptors (Lipinski definition) is 4. The molecular formula is C20H17F5N2O4S2. The van der Waals surface area contributed by atoms with E-state index in [1.165, 1.54) is 16.9 Å². The molecule has 1 N–H and O–H groups in total. The minimum atomic E-state index is -5.67. The molecule has 0 radical (unpaired) electrons. The van der Waals surface area contributed by atoms with E-state index >= 15 is 0 Å². The summed E-state index contributed by atoms with van der Waals surface area (Å²) in [6, 6.07) is 5.77. The standard InChI is InChI=1S/C20H17F5N2O4S2/c1-26-14-3-5-16(6-4-14)32(28,29)19(17-12-13(21)2-7-18(17)22)10-8-15(9-11-19)27-33(30,31)20(23,24)25/h2-7,12,15,27H,8-11H2. The smallest absolute Gasteiger partial charge is 0.238 e. The molecule has 0 amide bonds. The molecule has 6 nitrogen and oxygen atoms in total. The van der Waals surface area contributed by atoms with E-state index in [1.54, 1.807) is 0 Å². The summed E-state index contributed by atoms with van der Waals surface area (Å²) in [7, 11) is -10.1. The summed E-state index contributed by atoms with van der Waals surface area (Å²) in [6.07, 6.45) is -1.67. The summed E-state index contributed by atoms with van der Waals surface area (Å²) in [5, 5.41) is 0. The van der Waals surface area contributed by atoms with Gasteiger partial charge in [-0.25, -0.2) is 35.2 Å². The van der Waals surface area contributed by atoms with Crippen molar-refractivity contribution >= 4 is 25.5 Å². The SMILES string of the molecule is [C-]#[N+]c1ccc(S(=O)(=O)C2(c3cc(F)ccc3F)CCC(NS(=O)(=O)C(F)(F)F)CC2)cc1. The average Bonchev–Trinajstić information content (AvgIpc) is 2.75. The highest BCUT2D eigenvalue weighted by Gasteiger charge is 2.52. The van der Waals surface area contributed by atoms with Crippen molar-refractivity contribution in [2.75, 3.05) is 0 Å². The van der Waals surface area contributed by atoms with Gasteiger partial charge in [0.1, 0.15) is 16.4 Å². The second-order valence-electron chi connectivity index (χ2n) is 7.57. The highest BCUT2D eigenvalue weighted by molar-refractivity contribution is 7.92. The van der Waals surface area contributed by atoms with Crippen molar-refractivity contribution in [2.24, 2.45) is 0 Å². The lowest BCUT2D eigenvalue weighted by Gasteiger charge is -2.40. The van der Waals surface area contributed by atoms with Crippen molar-refractivity contribution < 1.29 is 38.8 Å². The quantitative estimate of drug-likeness (QED) is 0.474. The third-order valence-electron chi connectivity index (χ3n) is 5.63. The third-order valence-corrected chi connectivity index (χ3v) is 9.43. The molecule has 0 bridgehead atoms. The Labute approximate surface area is 187 Å². The van der Waals surface area contributed by atoms with Gasteiger partial charge in [0.2, 0.25) is 0 Å². The van der Waals surface area contributed by atoms with Gasteiger partial charge in [0, 0.05) is 11.6 Å². The van der Waals surface area contributed by atoms with Crippen molar-refractivity contribution in [3.05, 3.63) is 71.1 Å². The number of benzene rings is 2. The Morgan fingerprint density at radius 2 is 1.55 bits per heavy atom. The van der Waals surface area contributed by atoms with Crippen LogP contribution >= 0.6 is 0 Å². The molecule has 13 heteroatoms. The summed E-state index contributed by atoms with van der Waals surface area (Å²) >= 11 is 0. The van der Waals surface area contributed by atoms with Crippen molar-refractivity contribution in [1.29, 1.82) is 0 Å². The maximum atomic E-state index is 14.8. The molecular weight excluding hydrogens is 491 g/mol. The average molecular weight is 508 g/mol. The number of rotatable bonds is 5. The second kappa shape index (κ2) is 8.66. The lowest BCUT2D eigenvalue weighted by atomic mass is 9.80. The van der Waals surface area contributed by atoms with E-state index < -0.39 is 66.2 Å². The van der Waals surface area contributed by atoms with Crippen LogP contribution in [0.3, 0.4) is 0 Å². The van der Waals surface area contributed by atoms with Crippen LogP contribution in [0.1, 0.15) is 31.2 Å². The highest BCUT2D eigenvalue weighted by atomic mass is 32.2. The zero-order valence-corrected chi connectivity index (χ0v) is 18.4. The molecule has 33 heavy (non-hydrogen) atoms. The number of sulfonamides is 1. The van der Waals surface area contributed by atoms with Gasteiger partial charge in [-0.3, -0.25) is 0 Å². The van der Waals surface area contributed by atoms with E-state index in [9.17, 15) is 38.8 Å². The first-order chi connectivity index (χ1) is 15.2. The van der Waals surface area contributed by atoms with Crippen LogP contribution in [-0.4, -0.2) is 28.4 Å². The molecule has 1 aliphatic rings. The number of nitrogens with zero attached hydrogens (tertiary/aromatic N) is 1. The van der Waals surface area contributed by atoms with Gasteiger partial charge >= 0.3 is 15.5 Å². The van der Waals surface area contributed by atoms with E-state index in [0.29, 0.717) is 0 Å². The first-order valence-corrected chi connectivity index (χ1v) is 12.5. The summed E-state index contributed by atoms with van der Waals surface area (Å²) in [4.78, 5) is 2.88. The second-order valence-corrected chi connectivity index (χ2v) is 11.5. The number of alkyl halides is 3. The number of halogens is 5. The van der Waals surface area contributed by atoms with Crippen LogP contribution in [0.25, 0.3) is 4.85 Å². The van der Waals surface area contributed by atoms with E-state index in [0.717, 1.165) is 30.3 Å². The maximum absolute atomic E-state index is 14.8. The van der Waals surface area contributed by atoms with Gasteiger partial charge in [-0.15, -0.1) is 0 Å². The van der Waals surface area contributed by atoms with E-state index in [-0.39, 0.29) is 23.4 Å². The maximum Gasteiger partial charge on any atom is 0.511 e. The van der Waals surface area contributed by atoms with Crippen molar-refractivity contribution in [3.8, 4) is 0 Å². The topological polar surface area (TPSA) is 84.7 Å². The molecule has 0 atom stereocenters. The van der Waals surface area contributed by atoms with Crippen molar-refractivity contribution in [2.45, 2.75) is 46.9 Å². The highest BCUT2D eigenvalue weighted by Crippen LogP contribution is 2.48. The molecule has 0 heterocycles. The monoisotopic (exact) mass is 508 g/mol. The van der Waals surface area contributed by atoms with Gasteiger partial charge in [0.15, 0.2) is 15.5 Å². The molecule has 178 valence electrons. The van der Waals surface area contributed by atoms with Gasteiger partial charge in [-0.2, -0.15) is 13.2 Å². The number of hydrogen-bond donors (Lipinski definition) is 1. The minimum Gasteiger partial charge on any atom is -0.238 e. The van der Waals surface area contributed by atoms with Crippen molar-refractivity contribution in [1.82, 2.24) is 4.72 Å². The van der Waals surface area contributed by atoms with Gasteiger partial charge in [-0.1, -0.05) is 24.3 Å². The summed E-state index contributed by atoms with van der Waals surface area (Å²) in [5.74, 6) is -1.93. The Bertz CT molecular complexity index is 1290. The first-order valence-electron chi connectivity index (χ1n) is 9.50. The molecule has 0 saturated heterocycles. The predicted molar refractivity (Wildman–Crippen MR) is 108 cm³/mol. The van der Waals surface area contributed by atoms with Gasteiger partial charge in [0.05, 0.1) is 11.5 Å². The molecule has 1 saturated carbocycles. The van der Waals surface area contributed by atoms with Gasteiger partial charge < -0.3 is 0 Å². The predicted octanol–water partition coefficient (Wildman–Crippen LogP) is 4.57. The number of nitrogens with one attached hydrogen (secondary N) is 1. The van der Waals surface area contributed by atoms with Crippen LogP contribution in [0.4, 0.5) is 27.6 Å². The summed E-state index contributed by atoms with van der Waals surface area (Å²) in [6.45, 7) is 6.98. The Kier molecular flexibility index (Phi) is 6.58. The molecule has 2 aromatic rings. The van der Waals surface area contributed by atoms with Crippen LogP contribution in [0.15, 0.2) is 47.4 Å². The summed E-state index contributed by atoms with van der Waals surface area (Å²) < 4.78 is 116. The fourth-order valence-corrected chi connectivity index (χ4v) is 6.92. The Morgan fingerprint density at radius 3 is 2.06 bits per heavy atom. The summed E-state index contributed by atoms with van der Waals surface area (Å²) in [5.41, 5.74) is -5.90. The minimum absolute atomic E-state index is 0.144. The zero-order chi connectivity index (χ0) is 24.7. The molecule has 0 spiro atoms. The fraction of sp³-hybridized carbons (Fsp3) is 0.350. The van der Waals surface area contributed by atoms with E-state index in [1.807, 2.05) is 0 Å². The molecule has 0 aliphatic heterocycles. The zero-order valence-electron chi connectivity index (χ0n) is 16.7. The molecule has 0 aromatic heterocycles. The largest absolute Gasteiger partial charge is 0.511 e.